The van der Waals surface area contributed by atoms with Crippen molar-refractivity contribution < 1.29 is 13.2 Å². The fourth-order valence-electron chi connectivity index (χ4n) is 3.23. The van der Waals surface area contributed by atoms with Gasteiger partial charge in [0.2, 0.25) is 5.91 Å². The summed E-state index contributed by atoms with van der Waals surface area (Å²) >= 11 is 0. The van der Waals surface area contributed by atoms with Crippen molar-refractivity contribution in [2.45, 2.75) is 37.1 Å². The highest BCUT2D eigenvalue weighted by Gasteiger charge is 2.36. The highest BCUT2D eigenvalue weighted by Crippen LogP contribution is 2.41. The average molecular weight is 361 g/mol. The zero-order valence-corrected chi connectivity index (χ0v) is 15.1. The third-order valence-electron chi connectivity index (χ3n) is 4.52. The third kappa shape index (κ3) is 3.21. The number of unbranched alkanes of at least 4 members (excludes halogenated alkanes) is 1. The van der Waals surface area contributed by atoms with E-state index < -0.39 is 10.0 Å². The molecular weight excluding hydrogens is 338 g/mol. The molecule has 1 aliphatic heterocycles. The van der Waals surface area contributed by atoms with E-state index in [1.165, 1.54) is 4.31 Å². The summed E-state index contributed by atoms with van der Waals surface area (Å²) in [6.07, 6.45) is 2.78. The number of benzene rings is 2. The molecule has 0 fully saturated rings. The second-order valence-corrected chi connectivity index (χ2v) is 8.12. The predicted octanol–water partition coefficient (Wildman–Crippen LogP) is 1.98. The number of carbonyl (C=O) groups is 1. The molecule has 1 aliphatic rings. The van der Waals surface area contributed by atoms with Gasteiger partial charge in [-0.25, -0.2) is 8.42 Å². The van der Waals surface area contributed by atoms with Crippen LogP contribution < -0.4 is 15.4 Å². The van der Waals surface area contributed by atoms with E-state index in [1.807, 2.05) is 12.1 Å². The summed E-state index contributed by atoms with van der Waals surface area (Å²) in [5.74, 6) is -0.333. The predicted molar refractivity (Wildman–Crippen MR) is 99.0 cm³/mol. The molecule has 0 saturated carbocycles. The second kappa shape index (κ2) is 7.01. The number of hydrogen-bond acceptors (Lipinski definition) is 4. The van der Waals surface area contributed by atoms with E-state index in [0.717, 1.165) is 24.6 Å². The number of hydrogen-bond donors (Lipinski definition) is 2. The Bertz CT molecular complexity index is 890. The van der Waals surface area contributed by atoms with Gasteiger partial charge in [0.25, 0.3) is 10.0 Å². The fraction of sp³-hybridized carbons (Fsp3) is 0.389. The molecule has 134 valence electrons. The van der Waals surface area contributed by atoms with E-state index in [1.54, 1.807) is 24.3 Å². The first kappa shape index (κ1) is 17.7. The van der Waals surface area contributed by atoms with Crippen LogP contribution in [0.2, 0.25) is 0 Å². The van der Waals surface area contributed by atoms with Crippen molar-refractivity contribution in [3.8, 4) is 0 Å². The molecule has 0 bridgehead atoms. The lowest BCUT2D eigenvalue weighted by Crippen LogP contribution is -2.45. The summed E-state index contributed by atoms with van der Waals surface area (Å²) < 4.78 is 26.9. The smallest absolute Gasteiger partial charge is 0.265 e. The molecule has 0 aliphatic carbocycles. The van der Waals surface area contributed by atoms with E-state index in [-0.39, 0.29) is 23.4 Å². The van der Waals surface area contributed by atoms with Gasteiger partial charge in [0.15, 0.2) is 0 Å². The number of rotatable bonds is 7. The first-order valence-electron chi connectivity index (χ1n) is 8.53. The van der Waals surface area contributed by atoms with Crippen LogP contribution >= 0.6 is 0 Å². The van der Waals surface area contributed by atoms with Crippen molar-refractivity contribution >= 4 is 32.4 Å². The van der Waals surface area contributed by atoms with Gasteiger partial charge >= 0.3 is 0 Å². The lowest BCUT2D eigenvalue weighted by molar-refractivity contribution is -0.120. The van der Waals surface area contributed by atoms with Gasteiger partial charge in [-0.1, -0.05) is 44.0 Å². The van der Waals surface area contributed by atoms with Crippen molar-refractivity contribution in [1.29, 1.82) is 0 Å². The Kier molecular flexibility index (Phi) is 4.96. The minimum atomic E-state index is -3.71. The SMILES string of the molecule is CCCCC(CN)NC(=O)CN1c2cccc3cccc(c23)S1(=O)=O. The Morgan fingerprint density at radius 1 is 1.24 bits per heavy atom. The standard InChI is InChI=1S/C18H23N3O3S/c1-2-3-8-14(11-19)20-17(22)12-21-15-9-4-6-13-7-5-10-16(18(13)15)25(21,23)24/h4-7,9-10,14H,2-3,8,11-12,19H2,1H3,(H,20,22). The van der Waals surface area contributed by atoms with Crippen molar-refractivity contribution in [3.63, 3.8) is 0 Å². The quantitative estimate of drug-likeness (QED) is 0.789. The molecule has 0 radical (unpaired) electrons. The summed E-state index contributed by atoms with van der Waals surface area (Å²) in [6.45, 7) is 2.18. The highest BCUT2D eigenvalue weighted by molar-refractivity contribution is 7.93. The number of nitrogens with two attached hydrogens (primary N) is 1. The van der Waals surface area contributed by atoms with Gasteiger partial charge in [-0.2, -0.15) is 0 Å². The number of amides is 1. The van der Waals surface area contributed by atoms with Gasteiger partial charge in [0, 0.05) is 18.0 Å². The van der Waals surface area contributed by atoms with Crippen molar-refractivity contribution in [1.82, 2.24) is 5.32 Å². The van der Waals surface area contributed by atoms with E-state index >= 15 is 0 Å². The van der Waals surface area contributed by atoms with Crippen LogP contribution in [-0.4, -0.2) is 33.5 Å². The Labute approximate surface area is 148 Å². The van der Waals surface area contributed by atoms with Crippen LogP contribution in [0.25, 0.3) is 10.8 Å². The van der Waals surface area contributed by atoms with Crippen LogP contribution in [0.3, 0.4) is 0 Å². The van der Waals surface area contributed by atoms with Gasteiger partial charge in [-0.15, -0.1) is 0 Å². The molecule has 0 saturated heterocycles. The summed E-state index contributed by atoms with van der Waals surface area (Å²) in [6, 6.07) is 10.5. The fourth-order valence-corrected chi connectivity index (χ4v) is 4.90. The summed E-state index contributed by atoms with van der Waals surface area (Å²) in [5, 5.41) is 4.39. The first-order valence-corrected chi connectivity index (χ1v) is 9.97. The molecule has 25 heavy (non-hydrogen) atoms. The van der Waals surface area contributed by atoms with Gasteiger partial charge in [0.1, 0.15) is 6.54 Å². The third-order valence-corrected chi connectivity index (χ3v) is 6.33. The molecule has 1 heterocycles. The Morgan fingerprint density at radius 2 is 1.96 bits per heavy atom. The molecule has 3 rings (SSSR count). The zero-order valence-electron chi connectivity index (χ0n) is 14.2. The van der Waals surface area contributed by atoms with Crippen molar-refractivity contribution in [3.05, 3.63) is 36.4 Å². The number of anilines is 1. The second-order valence-electron chi connectivity index (χ2n) is 6.29. The van der Waals surface area contributed by atoms with Crippen LogP contribution in [0.1, 0.15) is 26.2 Å². The molecule has 1 unspecified atom stereocenters. The van der Waals surface area contributed by atoms with Crippen LogP contribution in [0.4, 0.5) is 5.69 Å². The Balaban J connectivity index is 1.84. The van der Waals surface area contributed by atoms with Crippen LogP contribution in [-0.2, 0) is 14.8 Å². The minimum Gasteiger partial charge on any atom is -0.351 e. The van der Waals surface area contributed by atoms with Crippen LogP contribution in [0.5, 0.6) is 0 Å². The molecule has 2 aromatic rings. The van der Waals surface area contributed by atoms with Gasteiger partial charge < -0.3 is 11.1 Å². The maximum Gasteiger partial charge on any atom is 0.265 e. The molecule has 1 atom stereocenters. The maximum atomic E-state index is 12.8. The molecule has 2 aromatic carbocycles. The molecule has 0 aromatic heterocycles. The zero-order chi connectivity index (χ0) is 18.0. The minimum absolute atomic E-state index is 0.129. The normalized spacial score (nSPS) is 16.2. The lowest BCUT2D eigenvalue weighted by Gasteiger charge is -2.21. The maximum absolute atomic E-state index is 12.8. The van der Waals surface area contributed by atoms with E-state index in [4.69, 9.17) is 5.73 Å². The summed E-state index contributed by atoms with van der Waals surface area (Å²) in [7, 11) is -3.71. The first-order chi connectivity index (χ1) is 12.0. The van der Waals surface area contributed by atoms with Gasteiger partial charge in [0.05, 0.1) is 10.6 Å². The Morgan fingerprint density at radius 3 is 2.64 bits per heavy atom. The lowest BCUT2D eigenvalue weighted by atomic mass is 10.1. The highest BCUT2D eigenvalue weighted by atomic mass is 32.2. The number of sulfonamides is 1. The molecule has 3 N–H and O–H groups in total. The molecular formula is C18H23N3O3S. The number of carbonyl (C=O) groups excluding carboxylic acids is 1. The van der Waals surface area contributed by atoms with E-state index in [9.17, 15) is 13.2 Å². The van der Waals surface area contributed by atoms with Crippen LogP contribution in [0.15, 0.2) is 41.3 Å². The molecule has 1 amide bonds. The van der Waals surface area contributed by atoms with Crippen molar-refractivity contribution in [2.75, 3.05) is 17.4 Å². The molecule has 6 nitrogen and oxygen atoms in total. The van der Waals surface area contributed by atoms with Crippen LogP contribution in [0, 0.1) is 0 Å². The monoisotopic (exact) mass is 361 g/mol. The van der Waals surface area contributed by atoms with Gasteiger partial charge in [-0.3, -0.25) is 9.10 Å². The van der Waals surface area contributed by atoms with Crippen molar-refractivity contribution in [2.24, 2.45) is 5.73 Å². The van der Waals surface area contributed by atoms with Gasteiger partial charge in [-0.05, 0) is 23.9 Å². The van der Waals surface area contributed by atoms with E-state index in [2.05, 4.69) is 12.2 Å². The summed E-state index contributed by atoms with van der Waals surface area (Å²) in [4.78, 5) is 12.7. The molecule has 7 heteroatoms. The topological polar surface area (TPSA) is 92.5 Å². The summed E-state index contributed by atoms with van der Waals surface area (Å²) in [5.41, 5.74) is 6.26. The number of nitrogens with zero attached hydrogens (tertiary/aromatic N) is 1. The van der Waals surface area contributed by atoms with E-state index in [0.29, 0.717) is 17.6 Å². The average Bonchev–Trinajstić information content (AvgIpc) is 2.82. The molecule has 0 spiro atoms. The number of nitrogens with one attached hydrogen (secondary N) is 1. The largest absolute Gasteiger partial charge is 0.351 e. The Hall–Kier alpha value is -2.12.